The molecule has 9 heteroatoms. The molecule has 2 heterocycles. The monoisotopic (exact) mass is 473 g/mol. The Kier molecular flexibility index (Phi) is 5.46. The van der Waals surface area contributed by atoms with E-state index < -0.39 is 0 Å². The normalized spacial score (nSPS) is 10.9. The highest BCUT2D eigenvalue weighted by Gasteiger charge is 2.15. The highest BCUT2D eigenvalue weighted by Crippen LogP contribution is 2.23. The van der Waals surface area contributed by atoms with E-state index in [1.807, 2.05) is 12.1 Å². The van der Waals surface area contributed by atoms with Crippen LogP contribution >= 0.6 is 27.5 Å². The largest absolute Gasteiger partial charge is 0.303 e. The Labute approximate surface area is 178 Å². The molecule has 0 atom stereocenters. The van der Waals surface area contributed by atoms with Crippen molar-refractivity contribution in [2.45, 2.75) is 6.54 Å². The number of carbonyl (C=O) groups excluding carboxylic acids is 1. The number of hydrogen-bond donors (Lipinski definition) is 2. The van der Waals surface area contributed by atoms with Crippen molar-refractivity contribution in [2.75, 3.05) is 5.32 Å². The summed E-state index contributed by atoms with van der Waals surface area (Å²) in [7, 11) is 0. The Morgan fingerprint density at radius 2 is 1.90 bits per heavy atom. The minimum absolute atomic E-state index is 0.291. The van der Waals surface area contributed by atoms with Crippen LogP contribution in [0.5, 0.6) is 0 Å². The van der Waals surface area contributed by atoms with E-state index in [1.165, 1.54) is 12.1 Å². The topological polar surface area (TPSA) is 75.6 Å². The first kappa shape index (κ1) is 19.4. The fourth-order valence-electron chi connectivity index (χ4n) is 2.72. The van der Waals surface area contributed by atoms with Crippen molar-refractivity contribution in [3.63, 3.8) is 0 Å². The number of nitrogens with zero attached hydrogens (tertiary/aromatic N) is 3. The Morgan fingerprint density at radius 1 is 1.17 bits per heavy atom. The van der Waals surface area contributed by atoms with E-state index in [-0.39, 0.29) is 11.7 Å². The van der Waals surface area contributed by atoms with Crippen molar-refractivity contribution >= 4 is 39.3 Å². The summed E-state index contributed by atoms with van der Waals surface area (Å²) in [5.74, 6) is -0.286. The fraction of sp³-hybridized carbons (Fsp3) is 0.0500. The molecule has 4 aromatic rings. The Balaban J connectivity index is 1.46. The zero-order chi connectivity index (χ0) is 20.4. The van der Waals surface area contributed by atoms with E-state index in [1.54, 1.807) is 41.2 Å². The molecule has 0 saturated heterocycles. The number of nitrogens with one attached hydrogen (secondary N) is 2. The van der Waals surface area contributed by atoms with Gasteiger partial charge in [-0.3, -0.25) is 14.6 Å². The number of rotatable bonds is 5. The molecule has 0 radical (unpaired) electrons. The Hall–Kier alpha value is -2.97. The number of aromatic nitrogens is 4. The lowest BCUT2D eigenvalue weighted by Gasteiger charge is -2.02. The number of carbonyl (C=O) groups is 1. The molecule has 0 fully saturated rings. The van der Waals surface area contributed by atoms with Crippen molar-refractivity contribution in [1.82, 2.24) is 20.0 Å². The summed E-state index contributed by atoms with van der Waals surface area (Å²) >= 11 is 9.29. The van der Waals surface area contributed by atoms with Crippen molar-refractivity contribution < 1.29 is 9.18 Å². The third kappa shape index (κ3) is 4.55. The zero-order valence-corrected chi connectivity index (χ0v) is 17.2. The van der Waals surface area contributed by atoms with Gasteiger partial charge < -0.3 is 5.32 Å². The van der Waals surface area contributed by atoms with Crippen LogP contribution in [0.4, 0.5) is 10.2 Å². The molecule has 0 bridgehead atoms. The zero-order valence-electron chi connectivity index (χ0n) is 14.9. The van der Waals surface area contributed by atoms with Crippen molar-refractivity contribution in [2.24, 2.45) is 0 Å². The standard InChI is InChI=1S/C20H14BrClFN5O/c21-16-11-28(10-12-1-7-15(23)8-2-12)27-19(16)24-20(29)18-9-17(25-26-18)13-3-5-14(22)6-4-13/h1-9,11H,10H2,(H,25,26)(H,24,27,29). The molecule has 2 aromatic heterocycles. The van der Waals surface area contributed by atoms with Gasteiger partial charge in [0.2, 0.25) is 0 Å². The van der Waals surface area contributed by atoms with Crippen LogP contribution in [0.15, 0.2) is 65.3 Å². The van der Waals surface area contributed by atoms with E-state index in [9.17, 15) is 9.18 Å². The van der Waals surface area contributed by atoms with Gasteiger partial charge in [-0.2, -0.15) is 10.2 Å². The molecule has 0 aliphatic rings. The lowest BCUT2D eigenvalue weighted by molar-refractivity contribution is 0.102. The maximum atomic E-state index is 13.0. The van der Waals surface area contributed by atoms with E-state index in [0.717, 1.165) is 11.1 Å². The van der Waals surface area contributed by atoms with Gasteiger partial charge in [-0.05, 0) is 51.8 Å². The molecule has 0 spiro atoms. The average Bonchev–Trinajstić information content (AvgIpc) is 3.32. The number of halogens is 3. The summed E-state index contributed by atoms with van der Waals surface area (Å²) in [6.07, 6.45) is 1.74. The van der Waals surface area contributed by atoms with Crippen LogP contribution < -0.4 is 5.32 Å². The molecule has 146 valence electrons. The lowest BCUT2D eigenvalue weighted by atomic mass is 10.1. The van der Waals surface area contributed by atoms with Gasteiger partial charge in [0.15, 0.2) is 5.82 Å². The van der Waals surface area contributed by atoms with Crippen LogP contribution in [-0.4, -0.2) is 25.9 Å². The predicted octanol–water partition coefficient (Wildman–Crippen LogP) is 5.13. The van der Waals surface area contributed by atoms with Crippen LogP contribution in [0.1, 0.15) is 16.1 Å². The number of aromatic amines is 1. The second-order valence-electron chi connectivity index (χ2n) is 6.28. The maximum absolute atomic E-state index is 13.0. The van der Waals surface area contributed by atoms with E-state index in [0.29, 0.717) is 33.2 Å². The number of benzene rings is 2. The summed E-state index contributed by atoms with van der Waals surface area (Å²) in [5.41, 5.74) is 2.66. The van der Waals surface area contributed by atoms with Gasteiger partial charge in [-0.15, -0.1) is 0 Å². The molecule has 0 saturated carbocycles. The van der Waals surface area contributed by atoms with Gasteiger partial charge in [0.1, 0.15) is 11.5 Å². The third-order valence-corrected chi connectivity index (χ3v) is 5.00. The van der Waals surface area contributed by atoms with E-state index >= 15 is 0 Å². The number of anilines is 1. The first-order valence-electron chi connectivity index (χ1n) is 8.58. The first-order chi connectivity index (χ1) is 14.0. The molecule has 0 aliphatic carbocycles. The molecule has 1 amide bonds. The van der Waals surface area contributed by atoms with Gasteiger partial charge in [0, 0.05) is 16.8 Å². The summed E-state index contributed by atoms with van der Waals surface area (Å²) in [5, 5.41) is 14.6. The lowest BCUT2D eigenvalue weighted by Crippen LogP contribution is -2.13. The van der Waals surface area contributed by atoms with Crippen LogP contribution in [0.25, 0.3) is 11.3 Å². The number of hydrogen-bond acceptors (Lipinski definition) is 3. The Morgan fingerprint density at radius 3 is 2.62 bits per heavy atom. The van der Waals surface area contributed by atoms with E-state index in [4.69, 9.17) is 11.6 Å². The molecule has 0 aliphatic heterocycles. The van der Waals surface area contributed by atoms with Crippen LogP contribution in [0.3, 0.4) is 0 Å². The second-order valence-corrected chi connectivity index (χ2v) is 7.57. The maximum Gasteiger partial charge on any atom is 0.274 e. The van der Waals surface area contributed by atoms with Crippen molar-refractivity contribution in [1.29, 1.82) is 0 Å². The fourth-order valence-corrected chi connectivity index (χ4v) is 3.26. The van der Waals surface area contributed by atoms with Gasteiger partial charge in [-0.1, -0.05) is 35.9 Å². The van der Waals surface area contributed by atoms with Gasteiger partial charge in [0.05, 0.1) is 16.7 Å². The first-order valence-corrected chi connectivity index (χ1v) is 9.75. The summed E-state index contributed by atoms with van der Waals surface area (Å²) in [6.45, 7) is 0.444. The molecule has 29 heavy (non-hydrogen) atoms. The minimum Gasteiger partial charge on any atom is -0.303 e. The van der Waals surface area contributed by atoms with Crippen molar-refractivity contribution in [3.8, 4) is 11.3 Å². The summed E-state index contributed by atoms with van der Waals surface area (Å²) in [4.78, 5) is 12.6. The van der Waals surface area contributed by atoms with Gasteiger partial charge >= 0.3 is 0 Å². The molecule has 2 N–H and O–H groups in total. The second kappa shape index (κ2) is 8.18. The van der Waals surface area contributed by atoms with Crippen LogP contribution in [0.2, 0.25) is 5.02 Å². The third-order valence-electron chi connectivity index (χ3n) is 4.17. The highest BCUT2D eigenvalue weighted by molar-refractivity contribution is 9.10. The quantitative estimate of drug-likeness (QED) is 0.421. The SMILES string of the molecule is O=C(Nc1nn(Cc2ccc(F)cc2)cc1Br)c1cc(-c2ccc(Cl)cc2)n[nH]1. The van der Waals surface area contributed by atoms with Crippen molar-refractivity contribution in [3.05, 3.63) is 87.4 Å². The van der Waals surface area contributed by atoms with E-state index in [2.05, 4.69) is 36.5 Å². The van der Waals surface area contributed by atoms with Gasteiger partial charge in [0.25, 0.3) is 5.91 Å². The van der Waals surface area contributed by atoms with Crippen LogP contribution in [0, 0.1) is 5.82 Å². The van der Waals surface area contributed by atoms with Crippen LogP contribution in [-0.2, 0) is 6.54 Å². The summed E-state index contributed by atoms with van der Waals surface area (Å²) < 4.78 is 15.3. The minimum atomic E-state index is -0.370. The highest BCUT2D eigenvalue weighted by atomic mass is 79.9. The molecule has 2 aromatic carbocycles. The molecule has 6 nitrogen and oxygen atoms in total. The molecular formula is C20H14BrClFN5O. The molecular weight excluding hydrogens is 461 g/mol. The van der Waals surface area contributed by atoms with Gasteiger partial charge in [-0.25, -0.2) is 4.39 Å². The number of amides is 1. The smallest absolute Gasteiger partial charge is 0.274 e. The predicted molar refractivity (Wildman–Crippen MR) is 112 cm³/mol. The molecule has 0 unspecified atom stereocenters. The summed E-state index contributed by atoms with van der Waals surface area (Å²) in [6, 6.07) is 15.0. The Bertz CT molecular complexity index is 1150. The average molecular weight is 475 g/mol. The number of H-pyrrole nitrogens is 1. The molecule has 4 rings (SSSR count).